The van der Waals surface area contributed by atoms with E-state index < -0.39 is 5.60 Å². The van der Waals surface area contributed by atoms with Gasteiger partial charge in [-0.1, -0.05) is 0 Å². The first-order valence-electron chi connectivity index (χ1n) is 8.91. The molecule has 0 radical (unpaired) electrons. The fourth-order valence-electron chi connectivity index (χ4n) is 4.27. The summed E-state index contributed by atoms with van der Waals surface area (Å²) in [5, 5.41) is 2.06. The van der Waals surface area contributed by atoms with Crippen molar-refractivity contribution < 1.29 is 14.3 Å². The third-order valence-electron chi connectivity index (χ3n) is 5.62. The summed E-state index contributed by atoms with van der Waals surface area (Å²) in [6.07, 6.45) is 6.83. The van der Waals surface area contributed by atoms with Crippen LogP contribution >= 0.6 is 11.3 Å². The average Bonchev–Trinajstić information content (AvgIpc) is 3.04. The lowest BCUT2D eigenvalue weighted by Crippen LogP contribution is -2.37. The highest BCUT2D eigenvalue weighted by Gasteiger charge is 2.44. The summed E-state index contributed by atoms with van der Waals surface area (Å²) in [6.45, 7) is 2.07. The molecule has 5 nitrogen and oxygen atoms in total. The van der Waals surface area contributed by atoms with Gasteiger partial charge in [0.15, 0.2) is 0 Å². The van der Waals surface area contributed by atoms with E-state index in [9.17, 15) is 9.59 Å². The van der Waals surface area contributed by atoms with Crippen molar-refractivity contribution in [1.82, 2.24) is 9.80 Å². The van der Waals surface area contributed by atoms with E-state index in [-0.39, 0.29) is 12.0 Å². The van der Waals surface area contributed by atoms with Gasteiger partial charge >= 0.3 is 6.09 Å². The number of hydrogen-bond acceptors (Lipinski definition) is 4. The molecule has 2 aliphatic heterocycles. The minimum atomic E-state index is -0.394. The largest absolute Gasteiger partial charge is 0.441 e. The maximum absolute atomic E-state index is 13.0. The molecule has 2 amide bonds. The van der Waals surface area contributed by atoms with Gasteiger partial charge in [0.2, 0.25) is 0 Å². The van der Waals surface area contributed by atoms with E-state index in [0.717, 1.165) is 44.2 Å². The first-order valence-corrected chi connectivity index (χ1v) is 9.79. The monoisotopic (exact) mass is 348 g/mol. The van der Waals surface area contributed by atoms with Crippen LogP contribution in [0.3, 0.4) is 0 Å². The van der Waals surface area contributed by atoms with Crippen LogP contribution in [0.5, 0.6) is 0 Å². The molecule has 0 aromatic carbocycles. The Morgan fingerprint density at radius 1 is 1.21 bits per heavy atom. The molecule has 0 saturated carbocycles. The van der Waals surface area contributed by atoms with Crippen molar-refractivity contribution in [2.75, 3.05) is 26.7 Å². The molecule has 1 atom stereocenters. The molecule has 1 aromatic heterocycles. The van der Waals surface area contributed by atoms with E-state index >= 15 is 0 Å². The van der Waals surface area contributed by atoms with Crippen LogP contribution in [0.1, 0.15) is 52.9 Å². The Kier molecular flexibility index (Phi) is 4.03. The second-order valence-corrected chi connectivity index (χ2v) is 8.28. The minimum absolute atomic E-state index is 0.170. The number of carbonyl (C=O) groups is 2. The summed E-state index contributed by atoms with van der Waals surface area (Å²) < 4.78 is 5.64. The third-order valence-corrected chi connectivity index (χ3v) is 6.71. The van der Waals surface area contributed by atoms with Gasteiger partial charge in [0.25, 0.3) is 5.91 Å². The van der Waals surface area contributed by atoms with Gasteiger partial charge in [-0.05, 0) is 44.1 Å². The van der Waals surface area contributed by atoms with Gasteiger partial charge < -0.3 is 14.5 Å². The van der Waals surface area contributed by atoms with Crippen LogP contribution in [-0.2, 0) is 17.6 Å². The van der Waals surface area contributed by atoms with E-state index in [4.69, 9.17) is 4.74 Å². The van der Waals surface area contributed by atoms with E-state index in [1.807, 2.05) is 4.90 Å². The van der Waals surface area contributed by atoms with Crippen molar-refractivity contribution in [3.05, 3.63) is 21.4 Å². The van der Waals surface area contributed by atoms with Crippen molar-refractivity contribution in [1.29, 1.82) is 0 Å². The van der Waals surface area contributed by atoms with Crippen LogP contribution in [-0.4, -0.2) is 54.1 Å². The Hall–Kier alpha value is -1.56. The summed E-state index contributed by atoms with van der Waals surface area (Å²) in [4.78, 5) is 29.8. The molecule has 1 spiro atoms. The average molecular weight is 348 g/mol. The lowest BCUT2D eigenvalue weighted by molar-refractivity contribution is 0.0438. The number of likely N-dealkylation sites (N-methyl/N-ethyl adjacent to an activating group) is 1. The second kappa shape index (κ2) is 6.06. The van der Waals surface area contributed by atoms with Crippen molar-refractivity contribution in [2.24, 2.45) is 0 Å². The van der Waals surface area contributed by atoms with Gasteiger partial charge in [0.1, 0.15) is 5.60 Å². The molecule has 0 unspecified atom stereocenters. The van der Waals surface area contributed by atoms with Gasteiger partial charge in [0, 0.05) is 36.8 Å². The molecule has 1 aliphatic carbocycles. The van der Waals surface area contributed by atoms with Crippen molar-refractivity contribution in [2.45, 2.75) is 50.5 Å². The number of aryl methyl sites for hydroxylation is 1. The van der Waals surface area contributed by atoms with Crippen LogP contribution in [0.25, 0.3) is 0 Å². The molecule has 130 valence electrons. The first-order chi connectivity index (χ1) is 11.6. The second-order valence-electron chi connectivity index (χ2n) is 7.31. The molecule has 1 aromatic rings. The maximum Gasteiger partial charge on any atom is 0.410 e. The van der Waals surface area contributed by atoms with E-state index in [1.54, 1.807) is 23.3 Å². The summed E-state index contributed by atoms with van der Waals surface area (Å²) in [5.74, 6) is 0.170. The van der Waals surface area contributed by atoms with Gasteiger partial charge in [-0.25, -0.2) is 4.79 Å². The number of thiophene rings is 1. The minimum Gasteiger partial charge on any atom is -0.441 e. The topological polar surface area (TPSA) is 49.9 Å². The molecule has 4 rings (SSSR count). The number of amides is 2. The van der Waals surface area contributed by atoms with Gasteiger partial charge in [-0.15, -0.1) is 11.3 Å². The zero-order chi connectivity index (χ0) is 16.7. The first kappa shape index (κ1) is 15.9. The van der Waals surface area contributed by atoms with Crippen LogP contribution in [0, 0.1) is 0 Å². The summed E-state index contributed by atoms with van der Waals surface area (Å²) in [6, 6.07) is 0. The molecule has 0 N–H and O–H groups in total. The molecule has 6 heteroatoms. The third kappa shape index (κ3) is 2.70. The standard InChI is InChI=1S/C18H24N2O3S/c1-19-12-18(23-17(19)22)7-4-9-20(10-8-18)16(21)14-11-24-15-6-3-2-5-13(14)15/h11H,2-10,12H2,1H3/t18-/m1/s1. The fourth-order valence-corrected chi connectivity index (χ4v) is 5.39. The smallest absolute Gasteiger partial charge is 0.410 e. The predicted molar refractivity (Wildman–Crippen MR) is 92.6 cm³/mol. The molecule has 3 aliphatic rings. The summed E-state index contributed by atoms with van der Waals surface area (Å²) in [7, 11) is 1.78. The maximum atomic E-state index is 13.0. The van der Waals surface area contributed by atoms with Gasteiger partial charge in [0.05, 0.1) is 12.1 Å². The van der Waals surface area contributed by atoms with Crippen LogP contribution < -0.4 is 0 Å². The highest BCUT2D eigenvalue weighted by atomic mass is 32.1. The number of ether oxygens (including phenoxy) is 1. The van der Waals surface area contributed by atoms with Crippen LogP contribution in [0.15, 0.2) is 5.38 Å². The number of carbonyl (C=O) groups excluding carboxylic acids is 2. The SMILES string of the molecule is CN1C[C@]2(CCCN(C(=O)c3csc4c3CCCC4)CC2)OC1=O. The Morgan fingerprint density at radius 2 is 2.04 bits per heavy atom. The normalized spacial score (nSPS) is 27.1. The number of rotatable bonds is 1. The zero-order valence-electron chi connectivity index (χ0n) is 14.2. The van der Waals surface area contributed by atoms with E-state index in [1.165, 1.54) is 23.3 Å². The molecular formula is C18H24N2O3S. The van der Waals surface area contributed by atoms with Crippen molar-refractivity contribution in [3.8, 4) is 0 Å². The van der Waals surface area contributed by atoms with Gasteiger partial charge in [-0.2, -0.15) is 0 Å². The zero-order valence-corrected chi connectivity index (χ0v) is 15.0. The number of hydrogen-bond donors (Lipinski definition) is 0. The van der Waals surface area contributed by atoms with Crippen molar-refractivity contribution in [3.63, 3.8) is 0 Å². The number of fused-ring (bicyclic) bond motifs is 1. The van der Waals surface area contributed by atoms with Crippen LogP contribution in [0.2, 0.25) is 0 Å². The fraction of sp³-hybridized carbons (Fsp3) is 0.667. The highest BCUT2D eigenvalue weighted by Crippen LogP contribution is 2.34. The number of nitrogens with zero attached hydrogens (tertiary/aromatic N) is 2. The van der Waals surface area contributed by atoms with E-state index in [0.29, 0.717) is 13.1 Å². The molecule has 24 heavy (non-hydrogen) atoms. The Bertz CT molecular complexity index is 671. The van der Waals surface area contributed by atoms with Crippen molar-refractivity contribution >= 4 is 23.3 Å². The number of likely N-dealkylation sites (tertiary alicyclic amines) is 1. The molecular weight excluding hydrogens is 324 g/mol. The van der Waals surface area contributed by atoms with Crippen LogP contribution in [0.4, 0.5) is 4.79 Å². The predicted octanol–water partition coefficient (Wildman–Crippen LogP) is 3.07. The van der Waals surface area contributed by atoms with Gasteiger partial charge in [-0.3, -0.25) is 4.79 Å². The quantitative estimate of drug-likeness (QED) is 0.784. The molecule has 3 heterocycles. The lowest BCUT2D eigenvalue weighted by Gasteiger charge is -2.25. The Labute approximate surface area is 146 Å². The summed E-state index contributed by atoms with van der Waals surface area (Å²) in [5.41, 5.74) is 1.82. The molecule has 2 fully saturated rings. The molecule has 0 bridgehead atoms. The highest BCUT2D eigenvalue weighted by molar-refractivity contribution is 7.10. The Balaban J connectivity index is 1.49. The summed E-state index contributed by atoms with van der Waals surface area (Å²) >= 11 is 1.75. The lowest BCUT2D eigenvalue weighted by atomic mass is 9.95. The molecule has 2 saturated heterocycles. The Morgan fingerprint density at radius 3 is 2.83 bits per heavy atom. The van der Waals surface area contributed by atoms with E-state index in [2.05, 4.69) is 5.38 Å².